The lowest BCUT2D eigenvalue weighted by Gasteiger charge is -2.22. The van der Waals surface area contributed by atoms with Crippen LogP contribution in [0, 0.1) is 0 Å². The van der Waals surface area contributed by atoms with E-state index in [0.29, 0.717) is 24.3 Å². The van der Waals surface area contributed by atoms with E-state index in [9.17, 15) is 9.59 Å². The number of anilines is 2. The van der Waals surface area contributed by atoms with Crippen LogP contribution in [0.15, 0.2) is 18.2 Å². The van der Waals surface area contributed by atoms with Crippen LogP contribution >= 0.6 is 0 Å². The van der Waals surface area contributed by atoms with E-state index < -0.39 is 5.97 Å². The highest BCUT2D eigenvalue weighted by Gasteiger charge is 2.16. The number of carbonyl (C=O) groups excluding carboxylic acids is 1. The Balaban J connectivity index is 3.07. The molecule has 0 aliphatic rings. The second kappa shape index (κ2) is 6.05. The van der Waals surface area contributed by atoms with E-state index in [-0.39, 0.29) is 11.5 Å². The molecule has 0 fully saturated rings. The second-order valence-electron chi connectivity index (χ2n) is 3.97. The zero-order valence-corrected chi connectivity index (χ0v) is 10.6. The first-order chi connectivity index (χ1) is 8.51. The predicted molar refractivity (Wildman–Crippen MR) is 70.7 cm³/mol. The molecular weight excluding hydrogens is 232 g/mol. The average Bonchev–Trinajstić information content (AvgIpc) is 2.32. The fraction of sp³-hybridized carbons (Fsp3) is 0.385. The van der Waals surface area contributed by atoms with Crippen LogP contribution in [0.5, 0.6) is 0 Å². The summed E-state index contributed by atoms with van der Waals surface area (Å²) in [6, 6.07) is 4.41. The van der Waals surface area contributed by atoms with Gasteiger partial charge in [0.05, 0.1) is 16.9 Å². The second-order valence-corrected chi connectivity index (χ2v) is 3.97. The third-order valence-electron chi connectivity index (χ3n) is 2.65. The third kappa shape index (κ3) is 3.00. The van der Waals surface area contributed by atoms with Crippen LogP contribution in [-0.2, 0) is 4.79 Å². The summed E-state index contributed by atoms with van der Waals surface area (Å²) in [4.78, 5) is 24.3. The lowest BCUT2D eigenvalue weighted by molar-refractivity contribution is -0.118. The van der Waals surface area contributed by atoms with Crippen LogP contribution in [0.2, 0.25) is 0 Å². The summed E-state index contributed by atoms with van der Waals surface area (Å²) < 4.78 is 0. The van der Waals surface area contributed by atoms with Crippen molar-refractivity contribution >= 4 is 23.3 Å². The van der Waals surface area contributed by atoms with Gasteiger partial charge in [0.1, 0.15) is 0 Å². The number of carbonyl (C=O) groups is 2. The van der Waals surface area contributed by atoms with Crippen LogP contribution in [0.1, 0.15) is 37.0 Å². The Morgan fingerprint density at radius 3 is 2.44 bits per heavy atom. The van der Waals surface area contributed by atoms with Gasteiger partial charge in [-0.1, -0.05) is 6.92 Å². The number of carboxylic acid groups (broad SMARTS) is 1. The molecule has 0 aliphatic carbocycles. The van der Waals surface area contributed by atoms with Crippen molar-refractivity contribution < 1.29 is 14.7 Å². The number of nitrogens with zero attached hydrogens (tertiary/aromatic N) is 1. The van der Waals surface area contributed by atoms with Crippen molar-refractivity contribution in [2.45, 2.75) is 26.7 Å². The van der Waals surface area contributed by atoms with Crippen molar-refractivity contribution in [1.82, 2.24) is 0 Å². The topological polar surface area (TPSA) is 83.6 Å². The summed E-state index contributed by atoms with van der Waals surface area (Å²) in [5.41, 5.74) is 6.81. The monoisotopic (exact) mass is 250 g/mol. The molecule has 0 radical (unpaired) electrons. The first kappa shape index (κ1) is 14.0. The van der Waals surface area contributed by atoms with Gasteiger partial charge in [-0.15, -0.1) is 0 Å². The molecule has 1 aromatic carbocycles. The zero-order valence-electron chi connectivity index (χ0n) is 10.6. The molecule has 3 N–H and O–H groups in total. The summed E-state index contributed by atoms with van der Waals surface area (Å²) in [6.45, 7) is 4.30. The van der Waals surface area contributed by atoms with Crippen molar-refractivity contribution in [2.75, 3.05) is 17.2 Å². The minimum atomic E-state index is -1.03. The first-order valence-electron chi connectivity index (χ1n) is 5.94. The Morgan fingerprint density at radius 1 is 1.33 bits per heavy atom. The van der Waals surface area contributed by atoms with Gasteiger partial charge in [0.2, 0.25) is 5.91 Å². The minimum Gasteiger partial charge on any atom is -0.478 e. The van der Waals surface area contributed by atoms with Gasteiger partial charge in [-0.3, -0.25) is 4.79 Å². The Labute approximate surface area is 106 Å². The van der Waals surface area contributed by atoms with Gasteiger partial charge >= 0.3 is 5.97 Å². The van der Waals surface area contributed by atoms with Crippen molar-refractivity contribution in [3.63, 3.8) is 0 Å². The van der Waals surface area contributed by atoms with Crippen molar-refractivity contribution in [1.29, 1.82) is 0 Å². The number of nitrogens with two attached hydrogens (primary N) is 1. The number of hydrogen-bond acceptors (Lipinski definition) is 3. The molecule has 0 bridgehead atoms. The number of hydrogen-bond donors (Lipinski definition) is 2. The maximum Gasteiger partial charge on any atom is 0.335 e. The largest absolute Gasteiger partial charge is 0.478 e. The Morgan fingerprint density at radius 2 is 2.00 bits per heavy atom. The standard InChI is InChI=1S/C13H18N2O3/c1-3-5-12(16)15(4-2)11-7-6-9(13(17)18)8-10(11)14/h6-8H,3-5,14H2,1-2H3,(H,17,18). The highest BCUT2D eigenvalue weighted by atomic mass is 16.4. The molecule has 0 heterocycles. The summed E-state index contributed by atoms with van der Waals surface area (Å²) >= 11 is 0. The summed E-state index contributed by atoms with van der Waals surface area (Å²) in [6.07, 6.45) is 1.22. The van der Waals surface area contributed by atoms with Gasteiger partial charge in [-0.25, -0.2) is 4.79 Å². The van der Waals surface area contributed by atoms with E-state index >= 15 is 0 Å². The number of nitrogen functional groups attached to an aromatic ring is 1. The van der Waals surface area contributed by atoms with E-state index in [0.717, 1.165) is 6.42 Å². The molecule has 0 aromatic heterocycles. The molecular formula is C13H18N2O3. The maximum absolute atomic E-state index is 11.9. The molecule has 1 aromatic rings. The van der Waals surface area contributed by atoms with Gasteiger partial charge in [0.15, 0.2) is 0 Å². The lowest BCUT2D eigenvalue weighted by atomic mass is 10.1. The normalized spacial score (nSPS) is 10.1. The molecule has 5 nitrogen and oxygen atoms in total. The molecule has 0 saturated heterocycles. The number of amides is 1. The van der Waals surface area contributed by atoms with Gasteiger partial charge in [-0.2, -0.15) is 0 Å². The van der Waals surface area contributed by atoms with Crippen molar-refractivity contribution in [3.8, 4) is 0 Å². The summed E-state index contributed by atoms with van der Waals surface area (Å²) in [5.74, 6) is -1.04. The molecule has 98 valence electrons. The van der Waals surface area contributed by atoms with Gasteiger partial charge in [0, 0.05) is 13.0 Å². The van der Waals surface area contributed by atoms with E-state index in [1.165, 1.54) is 12.1 Å². The SMILES string of the molecule is CCCC(=O)N(CC)c1ccc(C(=O)O)cc1N. The summed E-state index contributed by atoms with van der Waals surface area (Å²) in [7, 11) is 0. The summed E-state index contributed by atoms with van der Waals surface area (Å²) in [5, 5.41) is 8.85. The van der Waals surface area contributed by atoms with Crippen molar-refractivity contribution in [2.24, 2.45) is 0 Å². The Kier molecular flexibility index (Phi) is 4.71. The third-order valence-corrected chi connectivity index (χ3v) is 2.65. The minimum absolute atomic E-state index is 0.00484. The maximum atomic E-state index is 11.9. The molecule has 0 saturated carbocycles. The van der Waals surface area contributed by atoms with Crippen LogP contribution in [-0.4, -0.2) is 23.5 Å². The van der Waals surface area contributed by atoms with E-state index in [4.69, 9.17) is 10.8 Å². The Hall–Kier alpha value is -2.04. The molecule has 18 heavy (non-hydrogen) atoms. The predicted octanol–water partition coefficient (Wildman–Crippen LogP) is 2.12. The van der Waals surface area contributed by atoms with Crippen LogP contribution in [0.3, 0.4) is 0 Å². The van der Waals surface area contributed by atoms with E-state index in [2.05, 4.69) is 0 Å². The molecule has 5 heteroatoms. The van der Waals surface area contributed by atoms with E-state index in [1.807, 2.05) is 13.8 Å². The molecule has 0 atom stereocenters. The van der Waals surface area contributed by atoms with Gasteiger partial charge < -0.3 is 15.7 Å². The van der Waals surface area contributed by atoms with E-state index in [1.54, 1.807) is 11.0 Å². The first-order valence-corrected chi connectivity index (χ1v) is 5.94. The number of carboxylic acids is 1. The quantitative estimate of drug-likeness (QED) is 0.784. The molecule has 1 amide bonds. The van der Waals surface area contributed by atoms with Gasteiger partial charge in [0.25, 0.3) is 0 Å². The van der Waals surface area contributed by atoms with Crippen LogP contribution in [0.4, 0.5) is 11.4 Å². The highest BCUT2D eigenvalue weighted by Crippen LogP contribution is 2.25. The van der Waals surface area contributed by atoms with Crippen molar-refractivity contribution in [3.05, 3.63) is 23.8 Å². The molecule has 0 spiro atoms. The Bertz CT molecular complexity index is 458. The zero-order chi connectivity index (χ0) is 13.7. The smallest absolute Gasteiger partial charge is 0.335 e. The average molecular weight is 250 g/mol. The van der Waals surface area contributed by atoms with Crippen LogP contribution in [0.25, 0.3) is 0 Å². The van der Waals surface area contributed by atoms with Crippen LogP contribution < -0.4 is 10.6 Å². The fourth-order valence-electron chi connectivity index (χ4n) is 1.76. The number of benzene rings is 1. The number of rotatable bonds is 5. The lowest BCUT2D eigenvalue weighted by Crippen LogP contribution is -2.31. The number of aromatic carboxylic acids is 1. The van der Waals surface area contributed by atoms with Gasteiger partial charge in [-0.05, 0) is 31.5 Å². The molecule has 0 aliphatic heterocycles. The fourth-order valence-corrected chi connectivity index (χ4v) is 1.76. The molecule has 0 unspecified atom stereocenters. The highest BCUT2D eigenvalue weighted by molar-refractivity contribution is 5.98. The molecule has 1 rings (SSSR count).